The molecule has 0 aliphatic heterocycles. The van der Waals surface area contributed by atoms with Gasteiger partial charge in [-0.05, 0) is 37.0 Å². The van der Waals surface area contributed by atoms with Crippen LogP contribution in [0.1, 0.15) is 48.2 Å². The molecular weight excluding hydrogens is 324 g/mol. The van der Waals surface area contributed by atoms with E-state index in [9.17, 15) is 4.79 Å². The number of aromatic nitrogens is 1. The molecule has 3 rings (SSSR count). The van der Waals surface area contributed by atoms with Crippen LogP contribution < -0.4 is 5.32 Å². The number of methoxy groups -OCH3 is 1. The largest absolute Gasteiger partial charge is 0.384 e. The van der Waals surface area contributed by atoms with Crippen molar-refractivity contribution in [2.75, 3.05) is 20.3 Å². The number of hydrogen-bond donors (Lipinski definition) is 1. The van der Waals surface area contributed by atoms with Crippen LogP contribution in [0.5, 0.6) is 0 Å². The van der Waals surface area contributed by atoms with Crippen LogP contribution in [0.2, 0.25) is 5.02 Å². The van der Waals surface area contributed by atoms with Gasteiger partial charge < -0.3 is 14.5 Å². The SMILES string of the molecule is COCCc1cc(C(=O)NCC2CCCCC2)c2c(Cl)cccn12. The van der Waals surface area contributed by atoms with Gasteiger partial charge in [-0.1, -0.05) is 30.9 Å². The van der Waals surface area contributed by atoms with E-state index in [0.29, 0.717) is 23.1 Å². The first kappa shape index (κ1) is 17.3. The van der Waals surface area contributed by atoms with Crippen molar-refractivity contribution in [1.82, 2.24) is 9.72 Å². The second-order valence-corrected chi connectivity index (χ2v) is 6.99. The molecule has 130 valence electrons. The zero-order chi connectivity index (χ0) is 16.9. The van der Waals surface area contributed by atoms with Gasteiger partial charge in [0.1, 0.15) is 0 Å². The molecular formula is C19H25ClN2O2. The summed E-state index contributed by atoms with van der Waals surface area (Å²) in [6.07, 6.45) is 9.02. The van der Waals surface area contributed by atoms with E-state index < -0.39 is 0 Å². The first-order valence-electron chi connectivity index (χ1n) is 8.76. The predicted molar refractivity (Wildman–Crippen MR) is 96.9 cm³/mol. The number of carbonyl (C=O) groups excluding carboxylic acids is 1. The summed E-state index contributed by atoms with van der Waals surface area (Å²) in [6.45, 7) is 1.37. The number of hydrogen-bond acceptors (Lipinski definition) is 2. The van der Waals surface area contributed by atoms with Gasteiger partial charge >= 0.3 is 0 Å². The van der Waals surface area contributed by atoms with Crippen LogP contribution in [-0.4, -0.2) is 30.6 Å². The molecule has 0 bridgehead atoms. The molecule has 1 N–H and O–H groups in total. The molecule has 0 atom stereocenters. The van der Waals surface area contributed by atoms with Gasteiger partial charge in [0.2, 0.25) is 0 Å². The Balaban J connectivity index is 1.80. The third-order valence-corrected chi connectivity index (χ3v) is 5.21. The molecule has 0 aromatic carbocycles. The fraction of sp³-hybridized carbons (Fsp3) is 0.526. The fourth-order valence-electron chi connectivity index (χ4n) is 3.58. The molecule has 2 aromatic heterocycles. The predicted octanol–water partition coefficient (Wildman–Crippen LogP) is 4.09. The minimum Gasteiger partial charge on any atom is -0.384 e. The standard InChI is InChI=1S/C19H25ClN2O2/c1-24-11-9-15-12-16(18-17(20)8-5-10-22(15)18)19(23)21-13-14-6-3-2-4-7-14/h5,8,10,12,14H,2-4,6-7,9,11,13H2,1H3,(H,21,23). The molecule has 1 aliphatic rings. The average Bonchev–Trinajstić information content (AvgIpc) is 2.99. The van der Waals surface area contributed by atoms with Gasteiger partial charge in [0.05, 0.1) is 22.7 Å². The number of carbonyl (C=O) groups is 1. The molecule has 0 saturated heterocycles. The Bertz CT molecular complexity index is 705. The molecule has 1 amide bonds. The van der Waals surface area contributed by atoms with E-state index in [1.165, 1.54) is 32.1 Å². The molecule has 0 radical (unpaired) electrons. The summed E-state index contributed by atoms with van der Waals surface area (Å²) in [5.74, 6) is 0.579. The van der Waals surface area contributed by atoms with Crippen molar-refractivity contribution in [3.05, 3.63) is 40.7 Å². The highest BCUT2D eigenvalue weighted by atomic mass is 35.5. The van der Waals surface area contributed by atoms with E-state index in [1.807, 2.05) is 28.8 Å². The summed E-state index contributed by atoms with van der Waals surface area (Å²) in [6, 6.07) is 5.67. The van der Waals surface area contributed by atoms with E-state index in [0.717, 1.165) is 24.2 Å². The van der Waals surface area contributed by atoms with Crippen LogP contribution in [0.15, 0.2) is 24.4 Å². The highest BCUT2D eigenvalue weighted by molar-refractivity contribution is 6.34. The Morgan fingerprint density at radius 3 is 2.92 bits per heavy atom. The second kappa shape index (κ2) is 8.04. The first-order chi connectivity index (χ1) is 11.7. The lowest BCUT2D eigenvalue weighted by Crippen LogP contribution is -2.30. The Morgan fingerprint density at radius 2 is 2.17 bits per heavy atom. The maximum absolute atomic E-state index is 12.7. The highest BCUT2D eigenvalue weighted by Gasteiger charge is 2.19. The lowest BCUT2D eigenvalue weighted by Gasteiger charge is -2.21. The Morgan fingerprint density at radius 1 is 1.38 bits per heavy atom. The van der Waals surface area contributed by atoms with Crippen LogP contribution >= 0.6 is 11.6 Å². The molecule has 1 saturated carbocycles. The van der Waals surface area contributed by atoms with Crippen LogP contribution in [0.3, 0.4) is 0 Å². The molecule has 4 nitrogen and oxygen atoms in total. The van der Waals surface area contributed by atoms with Gasteiger partial charge in [0.15, 0.2) is 0 Å². The van der Waals surface area contributed by atoms with Gasteiger partial charge in [0, 0.05) is 32.0 Å². The normalized spacial score (nSPS) is 15.8. The van der Waals surface area contributed by atoms with Gasteiger partial charge in [-0.15, -0.1) is 0 Å². The van der Waals surface area contributed by atoms with Crippen LogP contribution in [0, 0.1) is 5.92 Å². The van der Waals surface area contributed by atoms with Crippen molar-refractivity contribution in [3.63, 3.8) is 0 Å². The smallest absolute Gasteiger partial charge is 0.253 e. The number of rotatable bonds is 6. The third kappa shape index (κ3) is 3.76. The molecule has 24 heavy (non-hydrogen) atoms. The van der Waals surface area contributed by atoms with Crippen molar-refractivity contribution in [1.29, 1.82) is 0 Å². The van der Waals surface area contributed by atoms with Crippen molar-refractivity contribution in [2.45, 2.75) is 38.5 Å². The van der Waals surface area contributed by atoms with E-state index in [1.54, 1.807) is 7.11 Å². The number of ether oxygens (including phenoxy) is 1. The zero-order valence-corrected chi connectivity index (χ0v) is 14.9. The molecule has 0 unspecified atom stereocenters. The number of halogens is 1. The van der Waals surface area contributed by atoms with Crippen LogP contribution in [0.25, 0.3) is 5.52 Å². The summed E-state index contributed by atoms with van der Waals surface area (Å²) in [7, 11) is 1.68. The van der Waals surface area contributed by atoms with Crippen LogP contribution in [-0.2, 0) is 11.2 Å². The lowest BCUT2D eigenvalue weighted by atomic mass is 9.89. The molecule has 2 heterocycles. The molecule has 0 spiro atoms. The van der Waals surface area contributed by atoms with E-state index >= 15 is 0 Å². The monoisotopic (exact) mass is 348 g/mol. The van der Waals surface area contributed by atoms with E-state index in [2.05, 4.69) is 5.32 Å². The van der Waals surface area contributed by atoms with Gasteiger partial charge in [-0.25, -0.2) is 0 Å². The molecule has 1 fully saturated rings. The number of amides is 1. The molecule has 5 heteroatoms. The van der Waals surface area contributed by atoms with Crippen LogP contribution in [0.4, 0.5) is 0 Å². The number of fused-ring (bicyclic) bond motifs is 1. The van der Waals surface area contributed by atoms with Gasteiger partial charge in [0.25, 0.3) is 5.91 Å². The summed E-state index contributed by atoms with van der Waals surface area (Å²) < 4.78 is 7.17. The number of pyridine rings is 1. The Hall–Kier alpha value is -1.52. The Kier molecular flexibility index (Phi) is 5.80. The Labute approximate surface area is 148 Å². The van der Waals surface area contributed by atoms with Gasteiger partial charge in [-0.3, -0.25) is 4.79 Å². The van der Waals surface area contributed by atoms with Crippen molar-refractivity contribution >= 4 is 23.0 Å². The number of nitrogens with zero attached hydrogens (tertiary/aromatic N) is 1. The molecule has 2 aromatic rings. The third-order valence-electron chi connectivity index (χ3n) is 4.90. The summed E-state index contributed by atoms with van der Waals surface area (Å²) in [4.78, 5) is 12.7. The zero-order valence-electron chi connectivity index (χ0n) is 14.2. The van der Waals surface area contributed by atoms with E-state index in [4.69, 9.17) is 16.3 Å². The summed E-state index contributed by atoms with van der Waals surface area (Å²) in [5, 5.41) is 3.72. The maximum Gasteiger partial charge on any atom is 0.253 e. The highest BCUT2D eigenvalue weighted by Crippen LogP contribution is 2.26. The minimum absolute atomic E-state index is 0.0326. The summed E-state index contributed by atoms with van der Waals surface area (Å²) >= 11 is 6.37. The topological polar surface area (TPSA) is 42.7 Å². The fourth-order valence-corrected chi connectivity index (χ4v) is 3.85. The van der Waals surface area contributed by atoms with Crippen molar-refractivity contribution < 1.29 is 9.53 Å². The van der Waals surface area contributed by atoms with Gasteiger partial charge in [-0.2, -0.15) is 0 Å². The van der Waals surface area contributed by atoms with E-state index in [-0.39, 0.29) is 5.91 Å². The lowest BCUT2D eigenvalue weighted by molar-refractivity contribution is 0.0945. The minimum atomic E-state index is -0.0326. The van der Waals surface area contributed by atoms with Crippen molar-refractivity contribution in [2.24, 2.45) is 5.92 Å². The quantitative estimate of drug-likeness (QED) is 0.854. The first-order valence-corrected chi connectivity index (χ1v) is 9.14. The number of nitrogens with one attached hydrogen (secondary N) is 1. The second-order valence-electron chi connectivity index (χ2n) is 6.58. The molecule has 1 aliphatic carbocycles. The van der Waals surface area contributed by atoms with Crippen molar-refractivity contribution in [3.8, 4) is 0 Å². The summed E-state index contributed by atoms with van der Waals surface area (Å²) in [5.41, 5.74) is 2.48. The maximum atomic E-state index is 12.7. The average molecular weight is 349 g/mol.